The van der Waals surface area contributed by atoms with Crippen LogP contribution in [0.1, 0.15) is 6.92 Å². The molecule has 0 aliphatic carbocycles. The number of nitrogens with two attached hydrogens (primary N) is 1. The number of anilines is 1. The van der Waals surface area contributed by atoms with Crippen LogP contribution >= 0.6 is 11.6 Å². The first kappa shape index (κ1) is 13.5. The van der Waals surface area contributed by atoms with Gasteiger partial charge in [-0.3, -0.25) is 0 Å². The van der Waals surface area contributed by atoms with Gasteiger partial charge in [0.05, 0.1) is 11.6 Å². The van der Waals surface area contributed by atoms with Crippen molar-refractivity contribution in [3.8, 4) is 16.9 Å². The highest BCUT2D eigenvalue weighted by molar-refractivity contribution is 6.33. The van der Waals surface area contributed by atoms with E-state index in [-0.39, 0.29) is 27.7 Å². The first-order valence-corrected chi connectivity index (χ1v) is 5.95. The molecular formula is C13H11ClF2N2O. The summed E-state index contributed by atoms with van der Waals surface area (Å²) in [5.41, 5.74) is 5.88. The summed E-state index contributed by atoms with van der Waals surface area (Å²) in [5, 5.41) is -0.313. The molecule has 0 spiro atoms. The number of hydrogen-bond donors (Lipinski definition) is 1. The Morgan fingerprint density at radius 3 is 2.63 bits per heavy atom. The number of halogens is 3. The van der Waals surface area contributed by atoms with Crippen LogP contribution in [0.5, 0.6) is 5.75 Å². The lowest BCUT2D eigenvalue weighted by Gasteiger charge is -2.13. The molecule has 0 atom stereocenters. The maximum atomic E-state index is 13.9. The average molecular weight is 285 g/mol. The first-order valence-electron chi connectivity index (χ1n) is 5.57. The lowest BCUT2D eigenvalue weighted by atomic mass is 10.0. The van der Waals surface area contributed by atoms with Crippen molar-refractivity contribution < 1.29 is 13.5 Å². The largest absolute Gasteiger partial charge is 0.489 e. The molecule has 0 saturated carbocycles. The van der Waals surface area contributed by atoms with Crippen molar-refractivity contribution in [2.45, 2.75) is 6.92 Å². The summed E-state index contributed by atoms with van der Waals surface area (Å²) in [5.74, 6) is -1.08. The predicted molar refractivity (Wildman–Crippen MR) is 70.2 cm³/mol. The van der Waals surface area contributed by atoms with Crippen molar-refractivity contribution in [3.63, 3.8) is 0 Å². The molecule has 0 amide bonds. The van der Waals surface area contributed by atoms with Gasteiger partial charge in [0.25, 0.3) is 0 Å². The van der Waals surface area contributed by atoms with E-state index in [4.69, 9.17) is 22.1 Å². The summed E-state index contributed by atoms with van der Waals surface area (Å²) in [6.07, 6.45) is 1.38. The smallest absolute Gasteiger partial charge is 0.169 e. The molecule has 19 heavy (non-hydrogen) atoms. The topological polar surface area (TPSA) is 48.1 Å². The van der Waals surface area contributed by atoms with Gasteiger partial charge < -0.3 is 10.5 Å². The Kier molecular flexibility index (Phi) is 3.85. The van der Waals surface area contributed by atoms with E-state index in [1.807, 2.05) is 0 Å². The van der Waals surface area contributed by atoms with E-state index >= 15 is 0 Å². The lowest BCUT2D eigenvalue weighted by molar-refractivity contribution is 0.342. The fraction of sp³-hybridized carbons (Fsp3) is 0.154. The van der Waals surface area contributed by atoms with E-state index in [0.717, 1.165) is 12.1 Å². The summed E-state index contributed by atoms with van der Waals surface area (Å²) >= 11 is 5.83. The van der Waals surface area contributed by atoms with Gasteiger partial charge in [0.15, 0.2) is 11.6 Å². The molecule has 0 bridgehead atoms. The molecule has 0 radical (unpaired) electrons. The Labute approximate surface area is 114 Å². The Morgan fingerprint density at radius 1 is 1.26 bits per heavy atom. The second kappa shape index (κ2) is 5.40. The minimum absolute atomic E-state index is 0.0841. The van der Waals surface area contributed by atoms with Crippen LogP contribution in [-0.2, 0) is 0 Å². The van der Waals surface area contributed by atoms with Crippen LogP contribution in [0.4, 0.5) is 14.6 Å². The van der Waals surface area contributed by atoms with E-state index in [1.165, 1.54) is 12.3 Å². The van der Waals surface area contributed by atoms with Gasteiger partial charge in [-0.05, 0) is 25.1 Å². The molecule has 100 valence electrons. The van der Waals surface area contributed by atoms with E-state index < -0.39 is 11.6 Å². The minimum Gasteiger partial charge on any atom is -0.489 e. The second-order valence-corrected chi connectivity index (χ2v) is 4.10. The van der Waals surface area contributed by atoms with Gasteiger partial charge in [-0.2, -0.15) is 0 Å². The highest BCUT2D eigenvalue weighted by Crippen LogP contribution is 2.39. The molecule has 3 nitrogen and oxygen atoms in total. The Morgan fingerprint density at radius 2 is 1.95 bits per heavy atom. The van der Waals surface area contributed by atoms with Crippen LogP contribution in [-0.4, -0.2) is 11.6 Å². The number of ether oxygens (including phenoxy) is 1. The van der Waals surface area contributed by atoms with Crippen LogP contribution in [0, 0.1) is 11.6 Å². The van der Waals surface area contributed by atoms with Crippen LogP contribution in [0.25, 0.3) is 11.1 Å². The molecule has 2 rings (SSSR count). The van der Waals surface area contributed by atoms with Crippen LogP contribution in [0.15, 0.2) is 24.4 Å². The van der Waals surface area contributed by atoms with Crippen molar-refractivity contribution in [2.24, 2.45) is 0 Å². The van der Waals surface area contributed by atoms with Crippen molar-refractivity contribution in [1.82, 2.24) is 4.98 Å². The average Bonchev–Trinajstić information content (AvgIpc) is 2.38. The Bertz CT molecular complexity index is 620. The number of nitrogens with zero attached hydrogens (tertiary/aromatic N) is 1. The summed E-state index contributed by atoms with van der Waals surface area (Å²) in [6, 6.07) is 3.44. The summed E-state index contributed by atoms with van der Waals surface area (Å²) < 4.78 is 32.7. The van der Waals surface area contributed by atoms with Gasteiger partial charge >= 0.3 is 0 Å². The van der Waals surface area contributed by atoms with Gasteiger partial charge in [0.2, 0.25) is 0 Å². The monoisotopic (exact) mass is 284 g/mol. The van der Waals surface area contributed by atoms with Crippen molar-refractivity contribution in [1.29, 1.82) is 0 Å². The van der Waals surface area contributed by atoms with Crippen molar-refractivity contribution in [3.05, 3.63) is 41.1 Å². The van der Waals surface area contributed by atoms with Gasteiger partial charge in [-0.25, -0.2) is 13.8 Å². The number of benzene rings is 1. The second-order valence-electron chi connectivity index (χ2n) is 3.72. The highest BCUT2D eigenvalue weighted by Gasteiger charge is 2.19. The van der Waals surface area contributed by atoms with Crippen LogP contribution < -0.4 is 10.5 Å². The normalized spacial score (nSPS) is 10.5. The minimum atomic E-state index is -0.712. The zero-order chi connectivity index (χ0) is 14.0. The maximum absolute atomic E-state index is 13.9. The molecule has 0 saturated heterocycles. The summed E-state index contributed by atoms with van der Waals surface area (Å²) in [7, 11) is 0. The van der Waals surface area contributed by atoms with E-state index in [1.54, 1.807) is 6.92 Å². The maximum Gasteiger partial charge on any atom is 0.169 e. The van der Waals surface area contributed by atoms with E-state index in [2.05, 4.69) is 4.98 Å². The number of aromatic nitrogens is 1. The molecule has 2 aromatic rings. The summed E-state index contributed by atoms with van der Waals surface area (Å²) in [6.45, 7) is 2.07. The molecule has 0 aliphatic heterocycles. The standard InChI is InChI=1S/C13H11ClF2N2O/c1-2-19-12-7(5-6-18-13(12)17)10-8(15)3-4-9(16)11(10)14/h3-6H,2H2,1H3,(H2,17,18). The zero-order valence-corrected chi connectivity index (χ0v) is 10.8. The van der Waals surface area contributed by atoms with Crippen molar-refractivity contribution >= 4 is 17.4 Å². The van der Waals surface area contributed by atoms with Gasteiger partial charge in [0.1, 0.15) is 11.6 Å². The lowest BCUT2D eigenvalue weighted by Crippen LogP contribution is -2.02. The molecule has 0 fully saturated rings. The predicted octanol–water partition coefficient (Wildman–Crippen LogP) is 3.66. The number of pyridine rings is 1. The van der Waals surface area contributed by atoms with Crippen LogP contribution in [0.3, 0.4) is 0 Å². The van der Waals surface area contributed by atoms with Gasteiger partial charge in [0, 0.05) is 17.3 Å². The zero-order valence-electron chi connectivity index (χ0n) is 10.1. The Hall–Kier alpha value is -1.88. The number of nitrogen functional groups attached to an aromatic ring is 1. The molecule has 1 aromatic carbocycles. The highest BCUT2D eigenvalue weighted by atomic mass is 35.5. The van der Waals surface area contributed by atoms with E-state index in [0.29, 0.717) is 6.61 Å². The first-order chi connectivity index (χ1) is 9.06. The Balaban J connectivity index is 2.72. The molecule has 0 aliphatic rings. The van der Waals surface area contributed by atoms with E-state index in [9.17, 15) is 8.78 Å². The third kappa shape index (κ3) is 2.46. The van der Waals surface area contributed by atoms with Gasteiger partial charge in [-0.1, -0.05) is 11.6 Å². The van der Waals surface area contributed by atoms with Gasteiger partial charge in [-0.15, -0.1) is 0 Å². The summed E-state index contributed by atoms with van der Waals surface area (Å²) in [4.78, 5) is 3.86. The fourth-order valence-electron chi connectivity index (χ4n) is 1.73. The molecule has 1 aromatic heterocycles. The number of hydrogen-bond acceptors (Lipinski definition) is 3. The number of rotatable bonds is 3. The molecular weight excluding hydrogens is 274 g/mol. The fourth-order valence-corrected chi connectivity index (χ4v) is 1.99. The van der Waals surface area contributed by atoms with Crippen molar-refractivity contribution in [2.75, 3.05) is 12.3 Å². The quantitative estimate of drug-likeness (QED) is 0.875. The molecule has 0 unspecified atom stereocenters. The van der Waals surface area contributed by atoms with Crippen LogP contribution in [0.2, 0.25) is 5.02 Å². The molecule has 6 heteroatoms. The third-order valence-electron chi connectivity index (χ3n) is 2.53. The molecule has 1 heterocycles. The SMILES string of the molecule is CCOc1c(-c2c(F)ccc(F)c2Cl)ccnc1N. The molecule has 2 N–H and O–H groups in total. The third-order valence-corrected chi connectivity index (χ3v) is 2.90.